The van der Waals surface area contributed by atoms with Gasteiger partial charge in [0.25, 0.3) is 0 Å². The van der Waals surface area contributed by atoms with Crippen molar-refractivity contribution in [2.75, 3.05) is 5.73 Å². The van der Waals surface area contributed by atoms with Gasteiger partial charge in [0.1, 0.15) is 5.69 Å². The molecule has 3 rings (SSSR count). The Balaban J connectivity index is 2.20. The number of aromatic nitrogens is 1. The van der Waals surface area contributed by atoms with E-state index in [2.05, 4.69) is 5.16 Å². The van der Waals surface area contributed by atoms with Gasteiger partial charge in [-0.2, -0.15) is 0 Å². The molecule has 0 radical (unpaired) electrons. The van der Waals surface area contributed by atoms with Gasteiger partial charge in [-0.05, 0) is 11.6 Å². The molecule has 2 N–H and O–H groups in total. The zero-order valence-electron chi connectivity index (χ0n) is 8.96. The first-order valence-electron chi connectivity index (χ1n) is 5.19. The average Bonchev–Trinajstić information content (AvgIpc) is 2.98. The van der Waals surface area contributed by atoms with Crippen LogP contribution in [-0.2, 0) is 0 Å². The summed E-state index contributed by atoms with van der Waals surface area (Å²) >= 11 is 0. The Morgan fingerprint density at radius 2 is 1.82 bits per heavy atom. The summed E-state index contributed by atoms with van der Waals surface area (Å²) in [6.07, 6.45) is 3.21. The van der Waals surface area contributed by atoms with Gasteiger partial charge in [0.05, 0.1) is 18.1 Å². The molecule has 0 aliphatic carbocycles. The van der Waals surface area contributed by atoms with Crippen molar-refractivity contribution in [3.05, 3.63) is 48.9 Å². The molecule has 4 nitrogen and oxygen atoms in total. The number of hydrogen-bond donors (Lipinski definition) is 1. The van der Waals surface area contributed by atoms with Crippen molar-refractivity contribution in [3.63, 3.8) is 0 Å². The molecule has 2 heterocycles. The lowest BCUT2D eigenvalue weighted by Gasteiger charge is -1.99. The third-order valence-electron chi connectivity index (χ3n) is 2.58. The molecule has 0 atom stereocenters. The van der Waals surface area contributed by atoms with E-state index in [1.807, 2.05) is 36.4 Å². The van der Waals surface area contributed by atoms with E-state index in [1.54, 1.807) is 12.5 Å². The SMILES string of the molecule is Nc1onc(-c2ccoc2)c1-c1ccccc1. The van der Waals surface area contributed by atoms with Gasteiger partial charge in [-0.3, -0.25) is 0 Å². The van der Waals surface area contributed by atoms with Crippen LogP contribution in [0.4, 0.5) is 5.88 Å². The highest BCUT2D eigenvalue weighted by Gasteiger charge is 2.17. The van der Waals surface area contributed by atoms with Crippen LogP contribution in [0.2, 0.25) is 0 Å². The number of rotatable bonds is 2. The zero-order valence-corrected chi connectivity index (χ0v) is 8.96. The predicted octanol–water partition coefficient (Wildman–Crippen LogP) is 3.18. The van der Waals surface area contributed by atoms with E-state index >= 15 is 0 Å². The number of nitrogens with two attached hydrogens (primary N) is 1. The molecule has 0 unspecified atom stereocenters. The molecule has 0 bridgehead atoms. The largest absolute Gasteiger partial charge is 0.472 e. The van der Waals surface area contributed by atoms with Crippen molar-refractivity contribution in [1.29, 1.82) is 0 Å². The Kier molecular flexibility index (Phi) is 2.19. The van der Waals surface area contributed by atoms with Gasteiger partial charge in [0.15, 0.2) is 0 Å². The molecule has 0 fully saturated rings. The molecule has 0 aliphatic heterocycles. The highest BCUT2D eigenvalue weighted by atomic mass is 16.5. The van der Waals surface area contributed by atoms with Crippen molar-refractivity contribution >= 4 is 5.88 Å². The molecule has 1 aromatic carbocycles. The van der Waals surface area contributed by atoms with Crippen LogP contribution in [0, 0.1) is 0 Å². The van der Waals surface area contributed by atoms with E-state index in [0.29, 0.717) is 11.6 Å². The quantitative estimate of drug-likeness (QED) is 0.728. The van der Waals surface area contributed by atoms with Gasteiger partial charge >= 0.3 is 0 Å². The minimum atomic E-state index is 0.312. The summed E-state index contributed by atoms with van der Waals surface area (Å²) in [4.78, 5) is 0. The van der Waals surface area contributed by atoms with Crippen LogP contribution in [0.15, 0.2) is 57.9 Å². The van der Waals surface area contributed by atoms with Crippen molar-refractivity contribution in [2.45, 2.75) is 0 Å². The molecule has 17 heavy (non-hydrogen) atoms. The van der Waals surface area contributed by atoms with E-state index in [0.717, 1.165) is 16.7 Å². The summed E-state index contributed by atoms with van der Waals surface area (Å²) in [6.45, 7) is 0. The molecular formula is C13H10N2O2. The molecule has 4 heteroatoms. The molecule has 84 valence electrons. The Hall–Kier alpha value is -2.49. The first kappa shape index (κ1) is 9.72. The molecule has 3 aromatic rings. The van der Waals surface area contributed by atoms with Gasteiger partial charge < -0.3 is 14.7 Å². The number of furan rings is 1. The van der Waals surface area contributed by atoms with E-state index < -0.39 is 0 Å². The third kappa shape index (κ3) is 1.59. The molecule has 2 aromatic heterocycles. The van der Waals surface area contributed by atoms with Crippen molar-refractivity contribution in [3.8, 4) is 22.4 Å². The van der Waals surface area contributed by atoms with Crippen LogP contribution >= 0.6 is 0 Å². The van der Waals surface area contributed by atoms with E-state index in [4.69, 9.17) is 14.7 Å². The molecule has 0 aliphatic rings. The minimum Gasteiger partial charge on any atom is -0.472 e. The fraction of sp³-hybridized carbons (Fsp3) is 0. The van der Waals surface area contributed by atoms with Crippen LogP contribution in [0.3, 0.4) is 0 Å². The molecule has 0 saturated heterocycles. The van der Waals surface area contributed by atoms with Crippen LogP contribution in [0.1, 0.15) is 0 Å². The molecule has 0 amide bonds. The first-order valence-corrected chi connectivity index (χ1v) is 5.19. The number of nitrogens with zero attached hydrogens (tertiary/aromatic N) is 1. The Morgan fingerprint density at radius 1 is 1.00 bits per heavy atom. The summed E-state index contributed by atoms with van der Waals surface area (Å²) in [5.41, 5.74) is 9.14. The highest BCUT2D eigenvalue weighted by molar-refractivity contribution is 5.86. The topological polar surface area (TPSA) is 65.2 Å². The average molecular weight is 226 g/mol. The van der Waals surface area contributed by atoms with Crippen molar-refractivity contribution in [2.24, 2.45) is 0 Å². The molecule has 0 spiro atoms. The summed E-state index contributed by atoms with van der Waals surface area (Å²) in [5.74, 6) is 0.312. The fourth-order valence-electron chi connectivity index (χ4n) is 1.78. The second kappa shape index (κ2) is 3.83. The highest BCUT2D eigenvalue weighted by Crippen LogP contribution is 2.35. The van der Waals surface area contributed by atoms with Gasteiger partial charge in [-0.25, -0.2) is 0 Å². The first-order chi connectivity index (χ1) is 8.36. The maximum atomic E-state index is 5.82. The van der Waals surface area contributed by atoms with Gasteiger partial charge in [-0.15, -0.1) is 0 Å². The lowest BCUT2D eigenvalue weighted by Crippen LogP contribution is -1.86. The number of benzene rings is 1. The number of hydrogen-bond acceptors (Lipinski definition) is 4. The maximum Gasteiger partial charge on any atom is 0.230 e. The Labute approximate surface area is 97.6 Å². The minimum absolute atomic E-state index is 0.312. The predicted molar refractivity (Wildman–Crippen MR) is 64.1 cm³/mol. The number of anilines is 1. The zero-order chi connectivity index (χ0) is 11.7. The monoisotopic (exact) mass is 226 g/mol. The summed E-state index contributed by atoms with van der Waals surface area (Å²) in [7, 11) is 0. The van der Waals surface area contributed by atoms with E-state index in [1.165, 1.54) is 0 Å². The lowest BCUT2D eigenvalue weighted by molar-refractivity contribution is 0.439. The molecular weight excluding hydrogens is 216 g/mol. The third-order valence-corrected chi connectivity index (χ3v) is 2.58. The summed E-state index contributed by atoms with van der Waals surface area (Å²) < 4.78 is 10.1. The lowest BCUT2D eigenvalue weighted by atomic mass is 10.0. The molecule has 0 saturated carbocycles. The summed E-state index contributed by atoms with van der Waals surface area (Å²) in [6, 6.07) is 11.6. The van der Waals surface area contributed by atoms with E-state index in [-0.39, 0.29) is 0 Å². The van der Waals surface area contributed by atoms with Gasteiger partial charge in [-0.1, -0.05) is 35.5 Å². The Bertz CT molecular complexity index is 612. The maximum absolute atomic E-state index is 5.82. The van der Waals surface area contributed by atoms with Gasteiger partial charge in [0, 0.05) is 5.56 Å². The fourth-order valence-corrected chi connectivity index (χ4v) is 1.78. The van der Waals surface area contributed by atoms with Crippen molar-refractivity contribution in [1.82, 2.24) is 5.16 Å². The standard InChI is InChI=1S/C13H10N2O2/c14-13-11(9-4-2-1-3-5-9)12(15-17-13)10-6-7-16-8-10/h1-8H,14H2. The van der Waals surface area contributed by atoms with Crippen LogP contribution < -0.4 is 5.73 Å². The second-order valence-corrected chi connectivity index (χ2v) is 3.65. The number of nitrogen functional groups attached to an aromatic ring is 1. The van der Waals surface area contributed by atoms with Crippen molar-refractivity contribution < 1.29 is 8.94 Å². The van der Waals surface area contributed by atoms with Gasteiger partial charge in [0.2, 0.25) is 5.88 Å². The van der Waals surface area contributed by atoms with E-state index in [9.17, 15) is 0 Å². The second-order valence-electron chi connectivity index (χ2n) is 3.65. The van der Waals surface area contributed by atoms with Crippen LogP contribution in [0.25, 0.3) is 22.4 Å². The normalized spacial score (nSPS) is 10.6. The van der Waals surface area contributed by atoms with Crippen LogP contribution in [0.5, 0.6) is 0 Å². The van der Waals surface area contributed by atoms with Crippen LogP contribution in [-0.4, -0.2) is 5.16 Å². The summed E-state index contributed by atoms with van der Waals surface area (Å²) in [5, 5.41) is 3.97. The Morgan fingerprint density at radius 3 is 2.53 bits per heavy atom. The smallest absolute Gasteiger partial charge is 0.230 e.